The summed E-state index contributed by atoms with van der Waals surface area (Å²) in [7, 11) is 0. The largest absolute Gasteiger partial charge is 0.489 e. The third-order valence-electron chi connectivity index (χ3n) is 2.67. The highest BCUT2D eigenvalue weighted by molar-refractivity contribution is 6.42. The van der Waals surface area contributed by atoms with E-state index >= 15 is 0 Å². The Morgan fingerprint density at radius 3 is 2.67 bits per heavy atom. The van der Waals surface area contributed by atoms with Gasteiger partial charge in [-0.15, -0.1) is 0 Å². The lowest BCUT2D eigenvalue weighted by Gasteiger charge is -2.08. The van der Waals surface area contributed by atoms with Crippen LogP contribution in [0.1, 0.15) is 11.1 Å². The van der Waals surface area contributed by atoms with E-state index in [4.69, 9.17) is 33.0 Å². The molecule has 2 aromatic rings. The van der Waals surface area contributed by atoms with Crippen molar-refractivity contribution in [2.24, 2.45) is 0 Å². The average molecular weight is 323 g/mol. The smallest absolute Gasteiger partial charge is 0.328 e. The molecule has 0 saturated heterocycles. The summed E-state index contributed by atoms with van der Waals surface area (Å²) in [5, 5.41) is 9.52. The number of ether oxygens (including phenoxy) is 1. The number of hydrogen-bond acceptors (Lipinski definition) is 2. The first kappa shape index (κ1) is 15.4. The zero-order valence-corrected chi connectivity index (χ0v) is 12.4. The van der Waals surface area contributed by atoms with Crippen LogP contribution in [0.4, 0.5) is 0 Å². The van der Waals surface area contributed by atoms with Crippen molar-refractivity contribution in [2.45, 2.75) is 6.61 Å². The predicted molar refractivity (Wildman–Crippen MR) is 83.9 cm³/mol. The van der Waals surface area contributed by atoms with Crippen molar-refractivity contribution >= 4 is 35.2 Å². The summed E-state index contributed by atoms with van der Waals surface area (Å²) < 4.78 is 5.62. The molecule has 0 unspecified atom stereocenters. The maximum Gasteiger partial charge on any atom is 0.328 e. The topological polar surface area (TPSA) is 46.5 Å². The summed E-state index contributed by atoms with van der Waals surface area (Å²) >= 11 is 11.8. The normalized spacial score (nSPS) is 10.8. The van der Waals surface area contributed by atoms with Crippen LogP contribution in [0, 0.1) is 0 Å². The molecular weight excluding hydrogens is 311 g/mol. The molecule has 0 amide bonds. The molecule has 2 aromatic carbocycles. The highest BCUT2D eigenvalue weighted by Crippen LogP contribution is 2.26. The molecule has 0 aliphatic carbocycles. The molecule has 0 spiro atoms. The van der Waals surface area contributed by atoms with Gasteiger partial charge in [0.25, 0.3) is 0 Å². The molecule has 0 aromatic heterocycles. The summed E-state index contributed by atoms with van der Waals surface area (Å²) in [5.41, 5.74) is 1.72. The first-order valence-corrected chi connectivity index (χ1v) is 6.88. The van der Waals surface area contributed by atoms with E-state index in [9.17, 15) is 4.79 Å². The van der Waals surface area contributed by atoms with Crippen LogP contribution in [0.25, 0.3) is 6.08 Å². The minimum Gasteiger partial charge on any atom is -0.489 e. The van der Waals surface area contributed by atoms with E-state index in [1.165, 1.54) is 6.08 Å². The molecule has 2 rings (SSSR count). The van der Waals surface area contributed by atoms with E-state index in [0.29, 0.717) is 22.4 Å². The van der Waals surface area contributed by atoms with Gasteiger partial charge in [0.2, 0.25) is 0 Å². The maximum absolute atomic E-state index is 10.5. The Bertz CT molecular complexity index is 681. The van der Waals surface area contributed by atoms with E-state index in [1.54, 1.807) is 18.2 Å². The van der Waals surface area contributed by atoms with Crippen LogP contribution in [0.5, 0.6) is 5.75 Å². The molecule has 0 fully saturated rings. The van der Waals surface area contributed by atoms with Crippen LogP contribution < -0.4 is 4.74 Å². The van der Waals surface area contributed by atoms with Gasteiger partial charge in [-0.25, -0.2) is 4.79 Å². The van der Waals surface area contributed by atoms with Crippen molar-refractivity contribution in [3.8, 4) is 5.75 Å². The molecular formula is C16H12Cl2O3. The number of halogens is 2. The number of rotatable bonds is 5. The minimum absolute atomic E-state index is 0.354. The predicted octanol–water partition coefficient (Wildman–Crippen LogP) is 4.67. The Morgan fingerprint density at radius 2 is 1.95 bits per heavy atom. The number of aliphatic carboxylic acids is 1. The molecule has 0 aliphatic heterocycles. The SMILES string of the molecule is O=C(O)C=Cc1cccc(COc2ccc(Cl)c(Cl)c2)c1. The maximum atomic E-state index is 10.5. The fourth-order valence-corrected chi connectivity index (χ4v) is 1.98. The van der Waals surface area contributed by atoms with E-state index in [-0.39, 0.29) is 0 Å². The standard InChI is InChI=1S/C16H12Cl2O3/c17-14-6-5-13(9-15(14)18)21-10-12-3-1-2-11(8-12)4-7-16(19)20/h1-9H,10H2,(H,19,20). The van der Waals surface area contributed by atoms with Crippen LogP contribution in [0.2, 0.25) is 10.0 Å². The minimum atomic E-state index is -0.979. The zero-order valence-electron chi connectivity index (χ0n) is 10.9. The van der Waals surface area contributed by atoms with Crippen molar-refractivity contribution in [1.82, 2.24) is 0 Å². The molecule has 0 aliphatic rings. The third kappa shape index (κ3) is 4.81. The second-order valence-corrected chi connectivity index (χ2v) is 5.10. The summed E-state index contributed by atoms with van der Waals surface area (Å²) in [6.07, 6.45) is 2.63. The molecule has 0 bridgehead atoms. The van der Waals surface area contributed by atoms with Gasteiger partial charge in [-0.1, -0.05) is 41.4 Å². The van der Waals surface area contributed by atoms with Gasteiger partial charge in [-0.05, 0) is 35.4 Å². The monoisotopic (exact) mass is 322 g/mol. The van der Waals surface area contributed by atoms with Crippen molar-refractivity contribution in [2.75, 3.05) is 0 Å². The van der Waals surface area contributed by atoms with Crippen molar-refractivity contribution < 1.29 is 14.6 Å². The van der Waals surface area contributed by atoms with Gasteiger partial charge in [-0.2, -0.15) is 0 Å². The Balaban J connectivity index is 2.04. The second kappa shape index (κ2) is 7.16. The summed E-state index contributed by atoms with van der Waals surface area (Å²) in [4.78, 5) is 10.5. The summed E-state index contributed by atoms with van der Waals surface area (Å²) in [5.74, 6) is -0.358. The van der Waals surface area contributed by atoms with E-state index in [0.717, 1.165) is 17.2 Å². The Morgan fingerprint density at radius 1 is 1.14 bits per heavy atom. The summed E-state index contributed by atoms with van der Waals surface area (Å²) in [6.45, 7) is 0.354. The Labute approximate surface area is 132 Å². The van der Waals surface area contributed by atoms with Gasteiger partial charge in [-0.3, -0.25) is 0 Å². The lowest BCUT2D eigenvalue weighted by molar-refractivity contribution is -0.131. The summed E-state index contributed by atoms with van der Waals surface area (Å²) in [6, 6.07) is 12.5. The molecule has 21 heavy (non-hydrogen) atoms. The van der Waals surface area contributed by atoms with Crippen LogP contribution in [-0.2, 0) is 11.4 Å². The Hall–Kier alpha value is -1.97. The van der Waals surface area contributed by atoms with Crippen LogP contribution in [-0.4, -0.2) is 11.1 Å². The van der Waals surface area contributed by atoms with Gasteiger partial charge < -0.3 is 9.84 Å². The lowest BCUT2D eigenvalue weighted by atomic mass is 10.1. The fourth-order valence-electron chi connectivity index (χ4n) is 1.69. The fraction of sp³-hybridized carbons (Fsp3) is 0.0625. The first-order chi connectivity index (χ1) is 10.0. The van der Waals surface area contributed by atoms with Gasteiger partial charge in [0.05, 0.1) is 10.0 Å². The van der Waals surface area contributed by atoms with Crippen LogP contribution in [0.3, 0.4) is 0 Å². The number of carboxylic acid groups (broad SMARTS) is 1. The molecule has 3 nitrogen and oxygen atoms in total. The van der Waals surface area contributed by atoms with Gasteiger partial charge >= 0.3 is 5.97 Å². The molecule has 5 heteroatoms. The quantitative estimate of drug-likeness (QED) is 0.813. The number of benzene rings is 2. The average Bonchev–Trinajstić information content (AvgIpc) is 2.47. The molecule has 0 saturated carbocycles. The highest BCUT2D eigenvalue weighted by Gasteiger charge is 2.01. The van der Waals surface area contributed by atoms with E-state index in [1.807, 2.05) is 24.3 Å². The zero-order chi connectivity index (χ0) is 15.2. The number of carboxylic acids is 1. The lowest BCUT2D eigenvalue weighted by Crippen LogP contribution is -1.95. The molecule has 0 radical (unpaired) electrons. The number of carbonyl (C=O) groups is 1. The first-order valence-electron chi connectivity index (χ1n) is 6.12. The Kier molecular flexibility index (Phi) is 5.26. The van der Waals surface area contributed by atoms with Crippen molar-refractivity contribution in [3.63, 3.8) is 0 Å². The highest BCUT2D eigenvalue weighted by atomic mass is 35.5. The molecule has 0 heterocycles. The molecule has 1 N–H and O–H groups in total. The molecule has 0 atom stereocenters. The van der Waals surface area contributed by atoms with Gasteiger partial charge in [0, 0.05) is 12.1 Å². The van der Waals surface area contributed by atoms with Crippen LogP contribution >= 0.6 is 23.2 Å². The van der Waals surface area contributed by atoms with Crippen LogP contribution in [0.15, 0.2) is 48.5 Å². The van der Waals surface area contributed by atoms with Crippen molar-refractivity contribution in [3.05, 3.63) is 69.7 Å². The third-order valence-corrected chi connectivity index (χ3v) is 3.40. The van der Waals surface area contributed by atoms with E-state index in [2.05, 4.69) is 0 Å². The van der Waals surface area contributed by atoms with Crippen molar-refractivity contribution in [1.29, 1.82) is 0 Å². The van der Waals surface area contributed by atoms with Gasteiger partial charge in [0.15, 0.2) is 0 Å². The second-order valence-electron chi connectivity index (χ2n) is 4.28. The van der Waals surface area contributed by atoms with E-state index < -0.39 is 5.97 Å². The number of hydrogen-bond donors (Lipinski definition) is 1. The molecule has 108 valence electrons. The van der Waals surface area contributed by atoms with Gasteiger partial charge in [0.1, 0.15) is 12.4 Å².